The topological polar surface area (TPSA) is 87.7 Å². The van der Waals surface area contributed by atoms with Crippen molar-refractivity contribution in [3.05, 3.63) is 63.4 Å². The predicted molar refractivity (Wildman–Crippen MR) is 139 cm³/mol. The van der Waals surface area contributed by atoms with Crippen molar-refractivity contribution in [2.24, 2.45) is 5.41 Å². The second-order valence-corrected chi connectivity index (χ2v) is 13.0. The number of benzene rings is 2. The molecule has 9 heteroatoms. The molecule has 6 nitrogen and oxygen atoms in total. The first kappa shape index (κ1) is 26.4. The van der Waals surface area contributed by atoms with Crippen molar-refractivity contribution in [2.75, 3.05) is 0 Å². The van der Waals surface area contributed by atoms with Crippen molar-refractivity contribution >= 4 is 35.1 Å². The molecule has 1 spiro atoms. The van der Waals surface area contributed by atoms with Gasteiger partial charge in [-0.05, 0) is 55.4 Å². The van der Waals surface area contributed by atoms with Gasteiger partial charge in [-0.2, -0.15) is 0 Å². The molecule has 4 atom stereocenters. The van der Waals surface area contributed by atoms with Gasteiger partial charge in [-0.15, -0.1) is 0 Å². The third kappa shape index (κ3) is 4.54. The van der Waals surface area contributed by atoms with Crippen molar-refractivity contribution in [1.29, 1.82) is 0 Å². The van der Waals surface area contributed by atoms with E-state index in [-0.39, 0.29) is 28.1 Å². The third-order valence-corrected chi connectivity index (χ3v) is 8.31. The average Bonchev–Trinajstić information content (AvgIpc) is 3.22. The summed E-state index contributed by atoms with van der Waals surface area (Å²) in [5, 5.41) is 17.0. The zero-order valence-electron chi connectivity index (χ0n) is 21.2. The summed E-state index contributed by atoms with van der Waals surface area (Å²) < 4.78 is 20.7. The predicted octanol–water partition coefficient (Wildman–Crippen LogP) is 4.88. The molecule has 2 aromatic rings. The monoisotopic (exact) mass is 548 g/mol. The van der Waals surface area contributed by atoms with Crippen LogP contribution in [0, 0.1) is 11.2 Å². The molecular weight excluding hydrogens is 518 g/mol. The first-order chi connectivity index (χ1) is 17.2. The molecule has 0 radical (unpaired) electrons. The van der Waals surface area contributed by atoms with E-state index >= 15 is 0 Å². The molecule has 198 valence electrons. The number of halogens is 3. The van der Waals surface area contributed by atoms with Crippen molar-refractivity contribution < 1.29 is 23.8 Å². The lowest BCUT2D eigenvalue weighted by atomic mass is 9.62. The minimum atomic E-state index is -1.40. The van der Waals surface area contributed by atoms with E-state index < -0.39 is 40.8 Å². The quantitative estimate of drug-likeness (QED) is 0.374. The maximum absolute atomic E-state index is 14.9. The fourth-order valence-electron chi connectivity index (χ4n) is 6.39. The molecule has 2 fully saturated rings. The molecule has 2 aromatic carbocycles. The van der Waals surface area contributed by atoms with Gasteiger partial charge in [-0.1, -0.05) is 56.1 Å². The molecular formula is C28H31Cl2FN2O4. The van der Waals surface area contributed by atoms with Gasteiger partial charge in [0.1, 0.15) is 17.0 Å². The Labute approximate surface area is 225 Å². The minimum Gasteiger partial charge on any atom is -0.425 e. The highest BCUT2D eigenvalue weighted by Gasteiger charge is 2.67. The van der Waals surface area contributed by atoms with E-state index in [9.17, 15) is 19.1 Å². The summed E-state index contributed by atoms with van der Waals surface area (Å²) in [6.45, 7) is 7.87. The highest BCUT2D eigenvalue weighted by Crippen LogP contribution is 2.58. The molecule has 0 bridgehead atoms. The summed E-state index contributed by atoms with van der Waals surface area (Å²) in [6.07, 6.45) is 1.39. The van der Waals surface area contributed by atoms with Crippen LogP contribution in [0.4, 0.5) is 4.39 Å². The van der Waals surface area contributed by atoms with Gasteiger partial charge >= 0.3 is 5.97 Å². The molecule has 37 heavy (non-hydrogen) atoms. The molecule has 3 N–H and O–H groups in total. The van der Waals surface area contributed by atoms with Gasteiger partial charge in [0, 0.05) is 34.7 Å². The normalized spacial score (nSPS) is 32.7. The van der Waals surface area contributed by atoms with Crippen LogP contribution in [0.2, 0.25) is 10.0 Å². The number of amides is 1. The maximum Gasteiger partial charge on any atom is 0.324 e. The zero-order valence-corrected chi connectivity index (χ0v) is 22.7. The number of rotatable bonds is 4. The maximum atomic E-state index is 14.9. The van der Waals surface area contributed by atoms with Crippen LogP contribution in [-0.4, -0.2) is 40.7 Å². The molecule has 2 aliphatic heterocycles. The molecule has 5 rings (SSSR count). The Hall–Kier alpha value is -2.19. The number of carbonyl (C=O) groups is 2. The molecule has 1 saturated heterocycles. The lowest BCUT2D eigenvalue weighted by Crippen LogP contribution is -2.57. The van der Waals surface area contributed by atoms with Gasteiger partial charge in [0.2, 0.25) is 5.91 Å². The van der Waals surface area contributed by atoms with Crippen molar-refractivity contribution in [3.63, 3.8) is 0 Å². The summed E-state index contributed by atoms with van der Waals surface area (Å²) >= 11 is 12.4. The smallest absolute Gasteiger partial charge is 0.324 e. The van der Waals surface area contributed by atoms with Crippen LogP contribution in [0.25, 0.3) is 0 Å². The van der Waals surface area contributed by atoms with Gasteiger partial charge in [0.05, 0.1) is 16.7 Å². The summed E-state index contributed by atoms with van der Waals surface area (Å²) in [5.74, 6) is -2.06. The number of hydrogen-bond donors (Lipinski definition) is 3. The second-order valence-electron chi connectivity index (χ2n) is 12.1. The fraction of sp³-hybridized carbons (Fsp3) is 0.500. The lowest BCUT2D eigenvalue weighted by Gasteiger charge is -2.42. The molecule has 1 aliphatic carbocycles. The van der Waals surface area contributed by atoms with Crippen LogP contribution in [-0.2, 0) is 15.0 Å². The SMILES string of the molecule is CC(C)(C)C[C@H]1N[C@@H](C(=O)N[C@H]2C[C@@](C)(O)C2)[C@H](c2cccc(Cl)c2)[C@@]12C(=O)Oc1cc(Cl)c(F)cc12. The number of esters is 1. The van der Waals surface area contributed by atoms with Crippen LogP contribution in [0.5, 0.6) is 5.75 Å². The van der Waals surface area contributed by atoms with Crippen molar-refractivity contribution in [1.82, 2.24) is 10.6 Å². The molecule has 3 aliphatic rings. The molecule has 1 saturated carbocycles. The van der Waals surface area contributed by atoms with Gasteiger partial charge in [0.15, 0.2) is 0 Å². The van der Waals surface area contributed by atoms with Crippen LogP contribution in [0.15, 0.2) is 36.4 Å². The van der Waals surface area contributed by atoms with E-state index in [2.05, 4.69) is 10.6 Å². The Morgan fingerprint density at radius 1 is 1.24 bits per heavy atom. The zero-order chi connectivity index (χ0) is 26.9. The Bertz CT molecular complexity index is 1270. The number of carbonyl (C=O) groups excluding carboxylic acids is 2. The summed E-state index contributed by atoms with van der Waals surface area (Å²) in [4.78, 5) is 27.7. The standard InChI is InChI=1S/C28H31Cl2FN2O4/c1-26(2,3)13-21-28(17-9-19(31)18(30)10-20(17)37-25(28)35)22(14-6-5-7-15(29)8-14)23(33-21)24(34)32-16-11-27(4,36)12-16/h5-10,16,21-23,33,36H,11-13H2,1-4H3,(H,32,34)/t16-,21-,22+,23-,27+,28+/m1/s1. The molecule has 0 aromatic heterocycles. The van der Waals surface area contributed by atoms with Crippen LogP contribution < -0.4 is 15.4 Å². The van der Waals surface area contributed by atoms with Gasteiger partial charge in [-0.3, -0.25) is 9.59 Å². The van der Waals surface area contributed by atoms with E-state index in [1.165, 1.54) is 12.1 Å². The van der Waals surface area contributed by atoms with Crippen molar-refractivity contribution in [2.45, 2.75) is 82.0 Å². The Morgan fingerprint density at radius 2 is 1.95 bits per heavy atom. The minimum absolute atomic E-state index is 0.146. The first-order valence-electron chi connectivity index (χ1n) is 12.5. The average molecular weight is 549 g/mol. The van der Waals surface area contributed by atoms with E-state index in [0.717, 1.165) is 0 Å². The number of hydrogen-bond acceptors (Lipinski definition) is 5. The second kappa shape index (κ2) is 8.94. The highest BCUT2D eigenvalue weighted by molar-refractivity contribution is 6.31. The van der Waals surface area contributed by atoms with E-state index in [4.69, 9.17) is 27.9 Å². The number of nitrogens with one attached hydrogen (secondary N) is 2. The Kier molecular flexibility index (Phi) is 6.38. The van der Waals surface area contributed by atoms with Crippen LogP contribution in [0.3, 0.4) is 0 Å². The van der Waals surface area contributed by atoms with Crippen LogP contribution >= 0.6 is 23.2 Å². The van der Waals surface area contributed by atoms with Gasteiger partial charge in [0.25, 0.3) is 0 Å². The van der Waals surface area contributed by atoms with Crippen LogP contribution in [0.1, 0.15) is 64.0 Å². The molecule has 0 unspecified atom stereocenters. The lowest BCUT2D eigenvalue weighted by molar-refractivity contribution is -0.139. The van der Waals surface area contributed by atoms with E-state index in [1.54, 1.807) is 25.1 Å². The third-order valence-electron chi connectivity index (χ3n) is 7.79. The number of ether oxygens (including phenoxy) is 1. The highest BCUT2D eigenvalue weighted by atomic mass is 35.5. The Morgan fingerprint density at radius 3 is 2.57 bits per heavy atom. The van der Waals surface area contributed by atoms with Gasteiger partial charge in [-0.25, -0.2) is 4.39 Å². The molecule has 2 heterocycles. The van der Waals surface area contributed by atoms with E-state index in [0.29, 0.717) is 35.4 Å². The summed E-state index contributed by atoms with van der Waals surface area (Å²) in [5.41, 5.74) is -1.42. The largest absolute Gasteiger partial charge is 0.425 e. The molecule has 1 amide bonds. The Balaban J connectivity index is 1.68. The number of aliphatic hydroxyl groups is 1. The van der Waals surface area contributed by atoms with E-state index in [1.807, 2.05) is 26.8 Å². The first-order valence-corrected chi connectivity index (χ1v) is 13.2. The number of fused-ring (bicyclic) bond motifs is 2. The van der Waals surface area contributed by atoms with Crippen molar-refractivity contribution in [3.8, 4) is 5.75 Å². The fourth-order valence-corrected chi connectivity index (χ4v) is 6.74. The van der Waals surface area contributed by atoms with Gasteiger partial charge < -0.3 is 20.5 Å². The summed E-state index contributed by atoms with van der Waals surface area (Å²) in [7, 11) is 0. The summed E-state index contributed by atoms with van der Waals surface area (Å²) in [6, 6.07) is 8.07.